The lowest BCUT2D eigenvalue weighted by molar-refractivity contribution is -0.112. The van der Waals surface area contributed by atoms with E-state index in [1.807, 2.05) is 51.1 Å². The summed E-state index contributed by atoms with van der Waals surface area (Å²) in [5.74, 6) is 0. The molecule has 3 heteroatoms. The van der Waals surface area contributed by atoms with Crippen LogP contribution in [0.3, 0.4) is 0 Å². The molecule has 0 aliphatic carbocycles. The van der Waals surface area contributed by atoms with E-state index in [1.165, 1.54) is 11.8 Å². The van der Waals surface area contributed by atoms with Crippen molar-refractivity contribution in [2.45, 2.75) is 30.9 Å². The van der Waals surface area contributed by atoms with E-state index in [9.17, 15) is 4.79 Å². The Balaban J connectivity index is 2.82. The highest BCUT2D eigenvalue weighted by molar-refractivity contribution is 8.00. The van der Waals surface area contributed by atoms with Gasteiger partial charge < -0.3 is 0 Å². The average Bonchev–Trinajstić information content (AvgIpc) is 2.13. The number of benzene rings is 1. The summed E-state index contributed by atoms with van der Waals surface area (Å²) in [6, 6.07) is 9.85. The number of carbonyl (C=O) groups is 1. The van der Waals surface area contributed by atoms with Crippen molar-refractivity contribution < 1.29 is 4.79 Å². The summed E-state index contributed by atoms with van der Waals surface area (Å²) in [4.78, 5) is 12.4. The third-order valence-corrected chi connectivity index (χ3v) is 4.04. The first-order valence-corrected chi connectivity index (χ1v) is 6.08. The van der Waals surface area contributed by atoms with Gasteiger partial charge in [0.1, 0.15) is 0 Å². The lowest BCUT2D eigenvalue weighted by Crippen LogP contribution is -2.28. The van der Waals surface area contributed by atoms with Gasteiger partial charge in [0.25, 0.3) is 0 Å². The number of carbonyl (C=O) groups excluding carboxylic acids is 1. The first-order valence-electron chi connectivity index (χ1n) is 4.82. The molecule has 0 aliphatic heterocycles. The van der Waals surface area contributed by atoms with Gasteiger partial charge in [0.05, 0.1) is 5.25 Å². The lowest BCUT2D eigenvalue weighted by Gasteiger charge is -2.26. The van der Waals surface area contributed by atoms with Crippen molar-refractivity contribution in [3.63, 3.8) is 0 Å². The largest absolute Gasteiger partial charge is 0.280 e. The summed E-state index contributed by atoms with van der Waals surface area (Å²) >= 11 is 7.14. The molecule has 0 radical (unpaired) electrons. The minimum Gasteiger partial charge on any atom is -0.280 e. The van der Waals surface area contributed by atoms with Crippen LogP contribution in [0.4, 0.5) is 0 Å². The molecule has 0 heterocycles. The zero-order chi connectivity index (χ0) is 11.5. The molecule has 15 heavy (non-hydrogen) atoms. The third-order valence-electron chi connectivity index (χ3n) is 1.99. The molecule has 0 saturated carbocycles. The number of hydrogen-bond acceptors (Lipinski definition) is 2. The molecule has 1 atom stereocenters. The predicted molar refractivity (Wildman–Crippen MR) is 66.4 cm³/mol. The van der Waals surface area contributed by atoms with Gasteiger partial charge in [0, 0.05) is 4.90 Å². The second-order valence-electron chi connectivity index (χ2n) is 4.48. The van der Waals surface area contributed by atoms with Crippen LogP contribution >= 0.6 is 23.4 Å². The summed E-state index contributed by atoms with van der Waals surface area (Å²) in [5, 5.41) is -0.488. The molecule has 0 bridgehead atoms. The van der Waals surface area contributed by atoms with Crippen LogP contribution in [0.15, 0.2) is 35.2 Å². The molecule has 82 valence electrons. The minimum atomic E-state index is -0.281. The van der Waals surface area contributed by atoms with Gasteiger partial charge in [-0.2, -0.15) is 0 Å². The van der Waals surface area contributed by atoms with E-state index in [-0.39, 0.29) is 15.9 Å². The Morgan fingerprint density at radius 1 is 1.27 bits per heavy atom. The normalized spacial score (nSPS) is 13.6. The van der Waals surface area contributed by atoms with Gasteiger partial charge in [-0.15, -0.1) is 11.8 Å². The van der Waals surface area contributed by atoms with Gasteiger partial charge in [-0.3, -0.25) is 4.79 Å². The summed E-state index contributed by atoms with van der Waals surface area (Å²) in [6.07, 6.45) is 0. The Morgan fingerprint density at radius 2 is 1.80 bits per heavy atom. The predicted octanol–water partition coefficient (Wildman–Crippen LogP) is 3.96. The molecule has 1 aromatic rings. The summed E-state index contributed by atoms with van der Waals surface area (Å²) in [5.41, 5.74) is -0.126. The van der Waals surface area contributed by atoms with Gasteiger partial charge in [-0.1, -0.05) is 39.0 Å². The van der Waals surface area contributed by atoms with Crippen LogP contribution in [-0.4, -0.2) is 10.5 Å². The van der Waals surface area contributed by atoms with Crippen molar-refractivity contribution in [3.8, 4) is 0 Å². The van der Waals surface area contributed by atoms with Crippen molar-refractivity contribution in [2.75, 3.05) is 0 Å². The smallest absolute Gasteiger partial charge is 0.235 e. The number of hydrogen-bond donors (Lipinski definition) is 0. The molecule has 0 saturated heterocycles. The van der Waals surface area contributed by atoms with Crippen LogP contribution in [0.25, 0.3) is 0 Å². The van der Waals surface area contributed by atoms with E-state index >= 15 is 0 Å². The Labute approximate surface area is 100 Å². The first kappa shape index (κ1) is 12.6. The fraction of sp³-hybridized carbons (Fsp3) is 0.417. The van der Waals surface area contributed by atoms with Crippen molar-refractivity contribution in [2.24, 2.45) is 5.41 Å². The summed E-state index contributed by atoms with van der Waals surface area (Å²) in [6.45, 7) is 6.07. The zero-order valence-corrected chi connectivity index (χ0v) is 10.7. The highest BCUT2D eigenvalue weighted by atomic mass is 35.5. The zero-order valence-electron chi connectivity index (χ0n) is 9.16. The van der Waals surface area contributed by atoms with Gasteiger partial charge in [0.2, 0.25) is 5.24 Å². The quantitative estimate of drug-likeness (QED) is 0.590. The molecule has 1 aromatic carbocycles. The maximum atomic E-state index is 11.3. The van der Waals surface area contributed by atoms with E-state index in [0.717, 1.165) is 4.90 Å². The molecule has 0 aliphatic rings. The van der Waals surface area contributed by atoms with Crippen LogP contribution in [0, 0.1) is 5.41 Å². The average molecular weight is 243 g/mol. The molecule has 1 rings (SSSR count). The van der Waals surface area contributed by atoms with E-state index in [2.05, 4.69) is 0 Å². The molecule has 1 unspecified atom stereocenters. The molecule has 0 spiro atoms. The minimum absolute atomic E-state index is 0.126. The molecule has 0 N–H and O–H groups in total. The second-order valence-corrected chi connectivity index (χ2v) is 6.03. The molecule has 1 nitrogen and oxygen atoms in total. The fourth-order valence-electron chi connectivity index (χ4n) is 1.20. The Kier molecular flexibility index (Phi) is 4.23. The van der Waals surface area contributed by atoms with Crippen LogP contribution < -0.4 is 0 Å². The molecule has 0 fully saturated rings. The Morgan fingerprint density at radius 3 is 2.20 bits per heavy atom. The number of rotatable bonds is 3. The maximum Gasteiger partial charge on any atom is 0.235 e. The highest BCUT2D eigenvalue weighted by Gasteiger charge is 2.30. The van der Waals surface area contributed by atoms with Crippen molar-refractivity contribution >= 4 is 28.6 Å². The van der Waals surface area contributed by atoms with E-state index in [4.69, 9.17) is 11.6 Å². The SMILES string of the molecule is CC(C)(C)C(Sc1ccccc1)C(=O)Cl. The highest BCUT2D eigenvalue weighted by Crippen LogP contribution is 2.36. The standard InChI is InChI=1S/C12H15ClOS/c1-12(2,3)10(11(13)14)15-9-7-5-4-6-8-9/h4-8,10H,1-3H3. The first-order chi connectivity index (χ1) is 6.91. The molecule has 0 amide bonds. The Bertz CT molecular complexity index is 329. The van der Waals surface area contributed by atoms with Crippen LogP contribution in [0.2, 0.25) is 0 Å². The van der Waals surface area contributed by atoms with Gasteiger partial charge >= 0.3 is 0 Å². The van der Waals surface area contributed by atoms with Gasteiger partial charge in [-0.05, 0) is 29.1 Å². The maximum absolute atomic E-state index is 11.3. The van der Waals surface area contributed by atoms with Crippen LogP contribution in [0.5, 0.6) is 0 Å². The second kappa shape index (κ2) is 5.04. The topological polar surface area (TPSA) is 17.1 Å². The van der Waals surface area contributed by atoms with Crippen molar-refractivity contribution in [3.05, 3.63) is 30.3 Å². The summed E-state index contributed by atoms with van der Waals surface area (Å²) < 4.78 is 0. The van der Waals surface area contributed by atoms with Crippen LogP contribution in [0.1, 0.15) is 20.8 Å². The fourth-order valence-corrected chi connectivity index (χ4v) is 2.69. The van der Waals surface area contributed by atoms with Gasteiger partial charge in [-0.25, -0.2) is 0 Å². The van der Waals surface area contributed by atoms with Crippen LogP contribution in [-0.2, 0) is 4.79 Å². The van der Waals surface area contributed by atoms with Crippen molar-refractivity contribution in [1.29, 1.82) is 0 Å². The Hall–Kier alpha value is -0.470. The van der Waals surface area contributed by atoms with E-state index in [0.29, 0.717) is 0 Å². The number of thioether (sulfide) groups is 1. The molecular formula is C12H15ClOS. The lowest BCUT2D eigenvalue weighted by atomic mass is 9.92. The monoisotopic (exact) mass is 242 g/mol. The third kappa shape index (κ3) is 3.88. The van der Waals surface area contributed by atoms with E-state index < -0.39 is 0 Å². The van der Waals surface area contributed by atoms with Gasteiger partial charge in [0.15, 0.2) is 0 Å². The summed E-state index contributed by atoms with van der Waals surface area (Å²) in [7, 11) is 0. The van der Waals surface area contributed by atoms with Crippen molar-refractivity contribution in [1.82, 2.24) is 0 Å². The molecular weight excluding hydrogens is 228 g/mol. The number of halogens is 1. The molecule has 0 aromatic heterocycles. The van der Waals surface area contributed by atoms with E-state index in [1.54, 1.807) is 0 Å².